The van der Waals surface area contributed by atoms with E-state index in [0.29, 0.717) is 17.3 Å². The number of rotatable bonds is 2. The third-order valence-corrected chi connectivity index (χ3v) is 4.33. The maximum absolute atomic E-state index is 6.04. The topological polar surface area (TPSA) is 51.8 Å². The predicted molar refractivity (Wildman–Crippen MR) is 90.9 cm³/mol. The zero-order valence-corrected chi connectivity index (χ0v) is 13.9. The zero-order chi connectivity index (χ0) is 15.0. The fraction of sp³-hybridized carbons (Fsp3) is 0.0667. The predicted octanol–water partition coefficient (Wildman–Crippen LogP) is 4.87. The number of benzene rings is 2. The fourth-order valence-electron chi connectivity index (χ4n) is 2.29. The van der Waals surface area contributed by atoms with E-state index >= 15 is 0 Å². The first kappa shape index (κ1) is 14.6. The molecular weight excluding hydrogens is 373 g/mol. The molecule has 2 N–H and O–H groups in total. The van der Waals surface area contributed by atoms with Gasteiger partial charge in [-0.2, -0.15) is 0 Å². The van der Waals surface area contributed by atoms with Crippen LogP contribution in [0.3, 0.4) is 0 Å². The quantitative estimate of drug-likeness (QED) is 0.643. The standard InChI is InChI=1S/C15H10BrCl2N3/c16-11-4-5-12-13(14(19)21-15(18)20-12)10(11)7-8-2-1-3-9(17)6-8/h1-6H,7H2,(H2,19,20,21). The van der Waals surface area contributed by atoms with Gasteiger partial charge >= 0.3 is 0 Å². The van der Waals surface area contributed by atoms with Gasteiger partial charge in [0.2, 0.25) is 5.28 Å². The van der Waals surface area contributed by atoms with E-state index in [2.05, 4.69) is 25.9 Å². The summed E-state index contributed by atoms with van der Waals surface area (Å²) in [4.78, 5) is 8.27. The van der Waals surface area contributed by atoms with Crippen molar-refractivity contribution in [1.82, 2.24) is 9.97 Å². The van der Waals surface area contributed by atoms with Crippen molar-refractivity contribution in [2.75, 3.05) is 5.73 Å². The van der Waals surface area contributed by atoms with Gasteiger partial charge in [0.1, 0.15) is 5.82 Å². The Bertz CT molecular complexity index is 837. The molecule has 0 amide bonds. The van der Waals surface area contributed by atoms with Crippen molar-refractivity contribution >= 4 is 55.9 Å². The normalized spacial score (nSPS) is 11.0. The number of hydrogen-bond acceptors (Lipinski definition) is 3. The van der Waals surface area contributed by atoms with E-state index in [1.54, 1.807) is 0 Å². The number of nitrogens with two attached hydrogens (primary N) is 1. The van der Waals surface area contributed by atoms with Crippen LogP contribution < -0.4 is 5.73 Å². The highest BCUT2D eigenvalue weighted by Crippen LogP contribution is 2.31. The Balaban J connectivity index is 2.19. The molecule has 6 heteroatoms. The van der Waals surface area contributed by atoms with Crippen LogP contribution in [0.2, 0.25) is 10.3 Å². The monoisotopic (exact) mass is 381 g/mol. The van der Waals surface area contributed by atoms with Gasteiger partial charge in [-0.3, -0.25) is 0 Å². The molecule has 1 heterocycles. The van der Waals surface area contributed by atoms with Crippen molar-refractivity contribution in [1.29, 1.82) is 0 Å². The van der Waals surface area contributed by atoms with Crippen LogP contribution in [-0.4, -0.2) is 9.97 Å². The van der Waals surface area contributed by atoms with Crippen molar-refractivity contribution in [3.63, 3.8) is 0 Å². The van der Waals surface area contributed by atoms with Gasteiger partial charge < -0.3 is 5.73 Å². The molecule has 3 rings (SSSR count). The highest BCUT2D eigenvalue weighted by atomic mass is 79.9. The molecule has 0 bridgehead atoms. The number of aromatic nitrogens is 2. The summed E-state index contributed by atoms with van der Waals surface area (Å²) < 4.78 is 0.951. The smallest absolute Gasteiger partial charge is 0.224 e. The average molecular weight is 383 g/mol. The molecule has 0 aliphatic rings. The first-order chi connectivity index (χ1) is 10.0. The van der Waals surface area contributed by atoms with Crippen LogP contribution in [0, 0.1) is 0 Å². The summed E-state index contributed by atoms with van der Waals surface area (Å²) in [6, 6.07) is 11.5. The molecule has 1 aromatic heterocycles. The molecule has 3 aromatic rings. The minimum absolute atomic E-state index is 0.149. The SMILES string of the molecule is Nc1nc(Cl)nc2ccc(Br)c(Cc3cccc(Cl)c3)c12. The number of hydrogen-bond donors (Lipinski definition) is 1. The molecule has 3 nitrogen and oxygen atoms in total. The van der Waals surface area contributed by atoms with Crippen LogP contribution in [-0.2, 0) is 6.42 Å². The molecule has 0 saturated heterocycles. The second-order valence-electron chi connectivity index (χ2n) is 4.60. The molecule has 0 atom stereocenters. The van der Waals surface area contributed by atoms with Gasteiger partial charge in [0.15, 0.2) is 0 Å². The van der Waals surface area contributed by atoms with Crippen molar-refractivity contribution in [3.8, 4) is 0 Å². The van der Waals surface area contributed by atoms with E-state index in [4.69, 9.17) is 28.9 Å². The van der Waals surface area contributed by atoms with Gasteiger partial charge in [0.25, 0.3) is 0 Å². The Labute approximate surface area is 140 Å². The third-order valence-electron chi connectivity index (χ3n) is 3.19. The van der Waals surface area contributed by atoms with Crippen LogP contribution in [0.1, 0.15) is 11.1 Å². The van der Waals surface area contributed by atoms with Gasteiger partial charge in [0, 0.05) is 14.9 Å². The Kier molecular flexibility index (Phi) is 4.02. The van der Waals surface area contributed by atoms with Gasteiger partial charge in [-0.25, -0.2) is 9.97 Å². The van der Waals surface area contributed by atoms with Crippen molar-refractivity contribution in [2.24, 2.45) is 0 Å². The molecule has 0 saturated carbocycles. The van der Waals surface area contributed by atoms with E-state index < -0.39 is 0 Å². The third kappa shape index (κ3) is 2.98. The van der Waals surface area contributed by atoms with Gasteiger partial charge in [0.05, 0.1) is 5.52 Å². The fourth-order valence-corrected chi connectivity index (χ4v) is 3.16. The molecule has 0 aliphatic carbocycles. The van der Waals surface area contributed by atoms with Crippen LogP contribution in [0.15, 0.2) is 40.9 Å². The van der Waals surface area contributed by atoms with E-state index in [9.17, 15) is 0 Å². The number of anilines is 1. The molecule has 0 fully saturated rings. The van der Waals surface area contributed by atoms with Crippen LogP contribution in [0.4, 0.5) is 5.82 Å². The zero-order valence-electron chi connectivity index (χ0n) is 10.8. The van der Waals surface area contributed by atoms with E-state index in [1.165, 1.54) is 0 Å². The van der Waals surface area contributed by atoms with Crippen molar-refractivity contribution in [3.05, 3.63) is 62.3 Å². The first-order valence-electron chi connectivity index (χ1n) is 6.19. The highest BCUT2D eigenvalue weighted by molar-refractivity contribution is 9.10. The molecule has 0 aliphatic heterocycles. The Morgan fingerprint density at radius 2 is 1.90 bits per heavy atom. The van der Waals surface area contributed by atoms with E-state index in [0.717, 1.165) is 26.5 Å². The summed E-state index contributed by atoms with van der Waals surface area (Å²) in [7, 11) is 0. The molecule has 0 unspecified atom stereocenters. The second-order valence-corrected chi connectivity index (χ2v) is 6.23. The van der Waals surface area contributed by atoms with E-state index in [-0.39, 0.29) is 5.28 Å². The number of halogens is 3. The second kappa shape index (κ2) is 5.79. The lowest BCUT2D eigenvalue weighted by molar-refractivity contribution is 1.17. The van der Waals surface area contributed by atoms with Gasteiger partial charge in [-0.1, -0.05) is 39.7 Å². The molecule has 0 radical (unpaired) electrons. The summed E-state index contributed by atoms with van der Waals surface area (Å²) in [6.45, 7) is 0. The van der Waals surface area contributed by atoms with Crippen LogP contribution >= 0.6 is 39.1 Å². The largest absolute Gasteiger partial charge is 0.383 e. The Hall–Kier alpha value is -1.36. The summed E-state index contributed by atoms with van der Waals surface area (Å²) in [5, 5.41) is 1.67. The summed E-state index contributed by atoms with van der Waals surface area (Å²) in [6.07, 6.45) is 0.674. The Morgan fingerprint density at radius 1 is 1.10 bits per heavy atom. The molecule has 2 aromatic carbocycles. The van der Waals surface area contributed by atoms with Crippen molar-refractivity contribution in [2.45, 2.75) is 6.42 Å². The average Bonchev–Trinajstić information content (AvgIpc) is 2.42. The van der Waals surface area contributed by atoms with Gasteiger partial charge in [-0.05, 0) is 53.4 Å². The minimum Gasteiger partial charge on any atom is -0.383 e. The van der Waals surface area contributed by atoms with E-state index in [1.807, 2.05) is 36.4 Å². The van der Waals surface area contributed by atoms with Gasteiger partial charge in [-0.15, -0.1) is 0 Å². The lowest BCUT2D eigenvalue weighted by Crippen LogP contribution is -2.00. The number of nitrogens with zero attached hydrogens (tertiary/aromatic N) is 2. The lowest BCUT2D eigenvalue weighted by atomic mass is 10.0. The van der Waals surface area contributed by atoms with Crippen LogP contribution in [0.25, 0.3) is 10.9 Å². The van der Waals surface area contributed by atoms with Crippen LogP contribution in [0.5, 0.6) is 0 Å². The maximum atomic E-state index is 6.04. The molecular formula is C15H10BrCl2N3. The lowest BCUT2D eigenvalue weighted by Gasteiger charge is -2.11. The minimum atomic E-state index is 0.149. The number of nitrogen functional groups attached to an aromatic ring is 1. The first-order valence-corrected chi connectivity index (χ1v) is 7.74. The summed E-state index contributed by atoms with van der Waals surface area (Å²) in [5.41, 5.74) is 8.86. The Morgan fingerprint density at radius 3 is 2.67 bits per heavy atom. The maximum Gasteiger partial charge on any atom is 0.224 e. The molecule has 106 valence electrons. The highest BCUT2D eigenvalue weighted by Gasteiger charge is 2.13. The van der Waals surface area contributed by atoms with Crippen molar-refractivity contribution < 1.29 is 0 Å². The summed E-state index contributed by atoms with van der Waals surface area (Å²) in [5.74, 6) is 0.378. The number of fused-ring (bicyclic) bond motifs is 1. The summed E-state index contributed by atoms with van der Waals surface area (Å²) >= 11 is 15.5. The molecule has 0 spiro atoms. The molecule has 21 heavy (non-hydrogen) atoms.